The fourth-order valence-corrected chi connectivity index (χ4v) is 2.91. The van der Waals surface area contributed by atoms with Crippen LogP contribution in [0.5, 0.6) is 0 Å². The van der Waals surface area contributed by atoms with Gasteiger partial charge in [0, 0.05) is 18.0 Å². The van der Waals surface area contributed by atoms with Gasteiger partial charge in [-0.1, -0.05) is 37.3 Å². The predicted octanol–water partition coefficient (Wildman–Crippen LogP) is 4.17. The Morgan fingerprint density at radius 1 is 1.00 bits per heavy atom. The summed E-state index contributed by atoms with van der Waals surface area (Å²) in [6.45, 7) is 6.63. The van der Waals surface area contributed by atoms with Gasteiger partial charge in [-0.05, 0) is 44.0 Å². The third-order valence-electron chi connectivity index (χ3n) is 4.61. The maximum atomic E-state index is 12.5. The van der Waals surface area contributed by atoms with Crippen LogP contribution >= 0.6 is 0 Å². The SMILES string of the molecule is CC[C@@H](CNC(=O)c1ccc2nc(C)c(C)nc2c1)c1ccccc1. The monoisotopic (exact) mass is 333 g/mol. The molecule has 4 heteroatoms. The van der Waals surface area contributed by atoms with Gasteiger partial charge in [-0.15, -0.1) is 0 Å². The molecule has 1 N–H and O–H groups in total. The zero-order valence-corrected chi connectivity index (χ0v) is 14.9. The molecule has 0 saturated carbocycles. The molecule has 0 fully saturated rings. The van der Waals surface area contributed by atoms with Crippen molar-refractivity contribution in [3.63, 3.8) is 0 Å². The summed E-state index contributed by atoms with van der Waals surface area (Å²) in [6.07, 6.45) is 0.978. The highest BCUT2D eigenvalue weighted by Crippen LogP contribution is 2.19. The smallest absolute Gasteiger partial charge is 0.251 e. The molecule has 0 radical (unpaired) electrons. The number of carbonyl (C=O) groups excluding carboxylic acids is 1. The lowest BCUT2D eigenvalue weighted by molar-refractivity contribution is 0.0951. The molecule has 1 aromatic heterocycles. The lowest BCUT2D eigenvalue weighted by Crippen LogP contribution is -2.28. The van der Waals surface area contributed by atoms with E-state index in [0.717, 1.165) is 28.8 Å². The van der Waals surface area contributed by atoms with Gasteiger partial charge in [0.2, 0.25) is 0 Å². The Hall–Kier alpha value is -2.75. The summed E-state index contributed by atoms with van der Waals surface area (Å²) in [5, 5.41) is 3.05. The molecule has 3 aromatic rings. The van der Waals surface area contributed by atoms with Crippen molar-refractivity contribution in [3.8, 4) is 0 Å². The minimum atomic E-state index is -0.0729. The van der Waals surface area contributed by atoms with Crippen molar-refractivity contribution in [1.29, 1.82) is 0 Å². The van der Waals surface area contributed by atoms with E-state index in [1.54, 1.807) is 0 Å². The molecule has 2 aromatic carbocycles. The van der Waals surface area contributed by atoms with Gasteiger partial charge in [-0.25, -0.2) is 9.97 Å². The molecule has 1 atom stereocenters. The number of rotatable bonds is 5. The first-order chi connectivity index (χ1) is 12.1. The molecule has 1 amide bonds. The molecule has 1 heterocycles. The van der Waals surface area contributed by atoms with Crippen LogP contribution in [0, 0.1) is 13.8 Å². The maximum absolute atomic E-state index is 12.5. The van der Waals surface area contributed by atoms with Gasteiger partial charge in [0.05, 0.1) is 22.4 Å². The van der Waals surface area contributed by atoms with E-state index in [0.29, 0.717) is 18.0 Å². The summed E-state index contributed by atoms with van der Waals surface area (Å²) in [4.78, 5) is 21.6. The molecule has 0 bridgehead atoms. The zero-order valence-electron chi connectivity index (χ0n) is 14.9. The summed E-state index contributed by atoms with van der Waals surface area (Å²) >= 11 is 0. The number of aryl methyl sites for hydroxylation is 2. The number of fused-ring (bicyclic) bond motifs is 1. The molecule has 25 heavy (non-hydrogen) atoms. The molecule has 3 rings (SSSR count). The van der Waals surface area contributed by atoms with Crippen LogP contribution in [0.25, 0.3) is 11.0 Å². The Bertz CT molecular complexity index is 890. The number of aromatic nitrogens is 2. The number of hydrogen-bond donors (Lipinski definition) is 1. The number of benzene rings is 2. The van der Waals surface area contributed by atoms with E-state index in [2.05, 4.69) is 34.3 Å². The first kappa shape index (κ1) is 17.1. The van der Waals surface area contributed by atoms with Crippen LogP contribution in [0.3, 0.4) is 0 Å². The molecular weight excluding hydrogens is 310 g/mol. The molecular formula is C21H23N3O. The molecule has 0 unspecified atom stereocenters. The van der Waals surface area contributed by atoms with E-state index in [9.17, 15) is 4.79 Å². The average molecular weight is 333 g/mol. The molecule has 0 aliphatic heterocycles. The van der Waals surface area contributed by atoms with E-state index in [4.69, 9.17) is 0 Å². The summed E-state index contributed by atoms with van der Waals surface area (Å²) in [5.41, 5.74) is 5.24. The molecule has 0 aliphatic rings. The Morgan fingerprint density at radius 2 is 1.68 bits per heavy atom. The van der Waals surface area contributed by atoms with Crippen molar-refractivity contribution in [2.75, 3.05) is 6.54 Å². The van der Waals surface area contributed by atoms with Crippen LogP contribution in [0.4, 0.5) is 0 Å². The normalized spacial score (nSPS) is 12.1. The zero-order chi connectivity index (χ0) is 17.8. The highest BCUT2D eigenvalue weighted by atomic mass is 16.1. The Kier molecular flexibility index (Phi) is 5.08. The topological polar surface area (TPSA) is 54.9 Å². The summed E-state index contributed by atoms with van der Waals surface area (Å²) in [6, 6.07) is 15.8. The summed E-state index contributed by atoms with van der Waals surface area (Å²) in [5.74, 6) is 0.242. The van der Waals surface area contributed by atoms with Crippen molar-refractivity contribution in [2.24, 2.45) is 0 Å². The number of hydrogen-bond acceptors (Lipinski definition) is 3. The summed E-state index contributed by atoms with van der Waals surface area (Å²) in [7, 11) is 0. The van der Waals surface area contributed by atoms with Crippen molar-refractivity contribution < 1.29 is 4.79 Å². The third-order valence-corrected chi connectivity index (χ3v) is 4.61. The van der Waals surface area contributed by atoms with Gasteiger partial charge >= 0.3 is 0 Å². The highest BCUT2D eigenvalue weighted by Gasteiger charge is 2.13. The third kappa shape index (κ3) is 3.85. The van der Waals surface area contributed by atoms with Gasteiger partial charge in [-0.3, -0.25) is 4.79 Å². The van der Waals surface area contributed by atoms with Crippen molar-refractivity contribution >= 4 is 16.9 Å². The number of nitrogens with zero attached hydrogens (tertiary/aromatic N) is 2. The quantitative estimate of drug-likeness (QED) is 0.762. The first-order valence-electron chi connectivity index (χ1n) is 8.66. The van der Waals surface area contributed by atoms with Crippen LogP contribution in [-0.4, -0.2) is 22.4 Å². The first-order valence-corrected chi connectivity index (χ1v) is 8.66. The number of carbonyl (C=O) groups is 1. The molecule has 0 saturated heterocycles. The van der Waals surface area contributed by atoms with E-state index in [-0.39, 0.29) is 5.91 Å². The van der Waals surface area contributed by atoms with Crippen LogP contribution < -0.4 is 5.32 Å². The van der Waals surface area contributed by atoms with Gasteiger partial charge in [0.25, 0.3) is 5.91 Å². The van der Waals surface area contributed by atoms with Crippen LogP contribution in [0.15, 0.2) is 48.5 Å². The van der Waals surface area contributed by atoms with Gasteiger partial charge in [0.1, 0.15) is 0 Å². The second-order valence-electron chi connectivity index (χ2n) is 6.32. The van der Waals surface area contributed by atoms with Crippen LogP contribution in [0.2, 0.25) is 0 Å². The van der Waals surface area contributed by atoms with Crippen LogP contribution in [-0.2, 0) is 0 Å². The van der Waals surface area contributed by atoms with E-state index in [1.165, 1.54) is 5.56 Å². The average Bonchev–Trinajstić information content (AvgIpc) is 2.63. The molecule has 128 valence electrons. The number of nitrogens with one attached hydrogen (secondary N) is 1. The summed E-state index contributed by atoms with van der Waals surface area (Å²) < 4.78 is 0. The second-order valence-corrected chi connectivity index (χ2v) is 6.32. The Balaban J connectivity index is 1.74. The van der Waals surface area contributed by atoms with E-state index < -0.39 is 0 Å². The van der Waals surface area contributed by atoms with Crippen LogP contribution in [0.1, 0.15) is 46.6 Å². The minimum Gasteiger partial charge on any atom is -0.351 e. The fraction of sp³-hybridized carbons (Fsp3) is 0.286. The largest absolute Gasteiger partial charge is 0.351 e. The maximum Gasteiger partial charge on any atom is 0.251 e. The molecule has 4 nitrogen and oxygen atoms in total. The standard InChI is InChI=1S/C21H23N3O/c1-4-16(17-8-6-5-7-9-17)13-22-21(25)18-10-11-19-20(12-18)24-15(3)14(2)23-19/h5-12,16H,4,13H2,1-3H3,(H,22,25)/t16-/m0/s1. The van der Waals surface area contributed by atoms with Gasteiger partial charge in [-0.2, -0.15) is 0 Å². The van der Waals surface area contributed by atoms with Crippen molar-refractivity contribution in [2.45, 2.75) is 33.1 Å². The lowest BCUT2D eigenvalue weighted by atomic mass is 9.96. The Labute approximate surface area is 148 Å². The minimum absolute atomic E-state index is 0.0729. The molecule has 0 aliphatic carbocycles. The van der Waals surface area contributed by atoms with Gasteiger partial charge < -0.3 is 5.32 Å². The van der Waals surface area contributed by atoms with E-state index in [1.807, 2.05) is 50.2 Å². The predicted molar refractivity (Wildman–Crippen MR) is 101 cm³/mol. The second kappa shape index (κ2) is 7.43. The number of amides is 1. The van der Waals surface area contributed by atoms with Gasteiger partial charge in [0.15, 0.2) is 0 Å². The Morgan fingerprint density at radius 3 is 2.36 bits per heavy atom. The van der Waals surface area contributed by atoms with E-state index >= 15 is 0 Å². The van der Waals surface area contributed by atoms with Crippen molar-refractivity contribution in [3.05, 3.63) is 71.0 Å². The van der Waals surface area contributed by atoms with Crippen molar-refractivity contribution in [1.82, 2.24) is 15.3 Å². The lowest BCUT2D eigenvalue weighted by Gasteiger charge is -2.16. The highest BCUT2D eigenvalue weighted by molar-refractivity contribution is 5.97. The fourth-order valence-electron chi connectivity index (χ4n) is 2.91. The molecule has 0 spiro atoms.